The lowest BCUT2D eigenvalue weighted by atomic mass is 9.35. The maximum absolute atomic E-state index is 6.26. The molecule has 0 spiro atoms. The molecule has 0 fully saturated rings. The van der Waals surface area contributed by atoms with Crippen molar-refractivity contribution in [2.75, 3.05) is 0 Å². The van der Waals surface area contributed by atoms with Crippen LogP contribution in [0.5, 0.6) is 0 Å². The number of benzene rings is 9. The summed E-state index contributed by atoms with van der Waals surface area (Å²) in [6.07, 6.45) is 0. The molecule has 4 heterocycles. The van der Waals surface area contributed by atoms with Crippen LogP contribution in [0.3, 0.4) is 0 Å². The average Bonchev–Trinajstić information content (AvgIpc) is 3.96. The number of aryl methyl sites for hydroxylation is 1. The minimum absolute atomic E-state index is 0.0930. The van der Waals surface area contributed by atoms with Gasteiger partial charge >= 0.3 is 0 Å². The number of para-hydroxylation sites is 3. The first-order chi connectivity index (χ1) is 29.7. The quantitative estimate of drug-likeness (QED) is 0.166. The molecule has 60 heavy (non-hydrogen) atoms. The van der Waals surface area contributed by atoms with Gasteiger partial charge in [-0.1, -0.05) is 167 Å². The highest BCUT2D eigenvalue weighted by atomic mass is 32.2. The summed E-state index contributed by atoms with van der Waals surface area (Å²) in [6.45, 7) is 2.37. The van der Waals surface area contributed by atoms with Crippen molar-refractivity contribution in [1.29, 1.82) is 0 Å². The second kappa shape index (κ2) is 12.9. The fourth-order valence-corrected chi connectivity index (χ4v) is 11.4. The Morgan fingerprint density at radius 1 is 0.450 bits per heavy atom. The second-order valence-corrected chi connectivity index (χ2v) is 17.1. The first kappa shape index (κ1) is 33.7. The van der Waals surface area contributed by atoms with Crippen LogP contribution in [0, 0.1) is 6.92 Å². The van der Waals surface area contributed by atoms with Gasteiger partial charge in [0.05, 0.1) is 22.1 Å². The Kier molecular flexibility index (Phi) is 7.25. The summed E-state index contributed by atoms with van der Waals surface area (Å²) in [5, 5.41) is 7.23. The SMILES string of the molecule is Cc1cccc(-c2ccccc2)c1B1c2ccccc2Sc2cc(-n3c4ccccc4c4ccc5c(c6ccccc6n5-c5ccc6oc7ccccc7c6c5)c43)ccc21. The van der Waals surface area contributed by atoms with E-state index >= 15 is 0 Å². The molecular formula is C55H35BN2OS. The fraction of sp³-hybridized carbons (Fsp3) is 0.0182. The van der Waals surface area contributed by atoms with Crippen LogP contribution in [0.1, 0.15) is 5.56 Å². The van der Waals surface area contributed by atoms with Crippen LogP contribution in [-0.2, 0) is 0 Å². The van der Waals surface area contributed by atoms with Crippen molar-refractivity contribution in [2.45, 2.75) is 16.7 Å². The van der Waals surface area contributed by atoms with E-state index in [-0.39, 0.29) is 6.71 Å². The third-order valence-corrected chi connectivity index (χ3v) is 14.0. The van der Waals surface area contributed by atoms with Gasteiger partial charge in [-0.15, -0.1) is 0 Å². The Morgan fingerprint density at radius 3 is 2.02 bits per heavy atom. The monoisotopic (exact) mass is 782 g/mol. The fourth-order valence-electron chi connectivity index (χ4n) is 10.2. The lowest BCUT2D eigenvalue weighted by Crippen LogP contribution is -2.56. The number of hydrogen-bond acceptors (Lipinski definition) is 2. The number of furan rings is 1. The molecule has 0 aliphatic carbocycles. The highest BCUT2D eigenvalue weighted by molar-refractivity contribution is 8.00. The Morgan fingerprint density at radius 2 is 1.13 bits per heavy atom. The van der Waals surface area contributed by atoms with Crippen LogP contribution >= 0.6 is 11.8 Å². The number of nitrogens with zero attached hydrogens (tertiary/aromatic N) is 2. The first-order valence-corrected chi connectivity index (χ1v) is 21.4. The maximum Gasteiger partial charge on any atom is 0.245 e. The number of fused-ring (bicyclic) bond motifs is 12. The molecule has 1 aliphatic rings. The predicted molar refractivity (Wildman–Crippen MR) is 254 cm³/mol. The van der Waals surface area contributed by atoms with Crippen molar-refractivity contribution in [3.05, 3.63) is 200 Å². The van der Waals surface area contributed by atoms with Gasteiger partial charge in [0, 0.05) is 53.5 Å². The summed E-state index contributed by atoms with van der Waals surface area (Å²) in [5.74, 6) is 0. The van der Waals surface area contributed by atoms with Crippen molar-refractivity contribution in [1.82, 2.24) is 9.13 Å². The van der Waals surface area contributed by atoms with Crippen LogP contribution in [0.25, 0.3) is 88.1 Å². The van der Waals surface area contributed by atoms with Crippen molar-refractivity contribution in [3.63, 3.8) is 0 Å². The Balaban J connectivity index is 1.07. The number of aromatic nitrogens is 2. The Bertz CT molecular complexity index is 3720. The summed E-state index contributed by atoms with van der Waals surface area (Å²) in [7, 11) is 0. The molecular weight excluding hydrogens is 747 g/mol. The van der Waals surface area contributed by atoms with E-state index in [0.29, 0.717) is 0 Å². The zero-order chi connectivity index (χ0) is 39.5. The van der Waals surface area contributed by atoms with Crippen molar-refractivity contribution in [3.8, 4) is 22.5 Å². The number of hydrogen-bond donors (Lipinski definition) is 0. The Hall–Kier alpha value is -7.21. The predicted octanol–water partition coefficient (Wildman–Crippen LogP) is 12.7. The molecule has 0 radical (unpaired) electrons. The van der Waals surface area contributed by atoms with Gasteiger partial charge < -0.3 is 13.6 Å². The lowest BCUT2D eigenvalue weighted by molar-refractivity contribution is 0.669. The van der Waals surface area contributed by atoms with Crippen LogP contribution in [-0.4, -0.2) is 15.8 Å². The van der Waals surface area contributed by atoms with Gasteiger partial charge in [0.25, 0.3) is 0 Å². The van der Waals surface area contributed by atoms with Crippen molar-refractivity contribution < 1.29 is 4.42 Å². The van der Waals surface area contributed by atoms with E-state index in [1.165, 1.54) is 86.5 Å². The summed E-state index contributed by atoms with van der Waals surface area (Å²) < 4.78 is 11.2. The molecule has 0 amide bonds. The van der Waals surface area contributed by atoms with Gasteiger partial charge in [-0.05, 0) is 78.7 Å². The van der Waals surface area contributed by atoms with Gasteiger partial charge in [0.1, 0.15) is 11.2 Å². The minimum atomic E-state index is 0.0930. The third-order valence-electron chi connectivity index (χ3n) is 12.8. The smallest absolute Gasteiger partial charge is 0.245 e. The minimum Gasteiger partial charge on any atom is -0.456 e. The molecule has 0 saturated carbocycles. The van der Waals surface area contributed by atoms with Crippen molar-refractivity contribution >= 4 is 100 Å². The molecule has 0 saturated heterocycles. The number of rotatable bonds is 4. The summed E-state index contributed by atoms with van der Waals surface area (Å²) in [5.41, 5.74) is 16.8. The van der Waals surface area contributed by atoms with Gasteiger partial charge in [0.15, 0.2) is 0 Å². The third kappa shape index (κ3) is 4.81. The van der Waals surface area contributed by atoms with Crippen LogP contribution < -0.4 is 16.4 Å². The highest BCUT2D eigenvalue weighted by Crippen LogP contribution is 2.43. The molecule has 9 aromatic carbocycles. The zero-order valence-electron chi connectivity index (χ0n) is 32.8. The molecule has 0 bridgehead atoms. The molecule has 3 nitrogen and oxygen atoms in total. The van der Waals surface area contributed by atoms with Crippen molar-refractivity contribution in [2.24, 2.45) is 0 Å². The molecule has 3 aromatic heterocycles. The average molecular weight is 783 g/mol. The summed E-state index contributed by atoms with van der Waals surface area (Å²) in [4.78, 5) is 2.60. The van der Waals surface area contributed by atoms with Crippen LogP contribution in [0.2, 0.25) is 0 Å². The molecule has 0 unspecified atom stereocenters. The summed E-state index contributed by atoms with van der Waals surface area (Å²) in [6, 6.07) is 71.2. The normalized spacial score (nSPS) is 12.7. The van der Waals surface area contributed by atoms with Gasteiger partial charge in [-0.25, -0.2) is 0 Å². The molecule has 1 aliphatic heterocycles. The van der Waals surface area contributed by atoms with E-state index in [9.17, 15) is 0 Å². The van der Waals surface area contributed by atoms with Gasteiger partial charge in [-0.2, -0.15) is 0 Å². The standard InChI is InChI=1S/C55H35BN2OS/c1-34-14-13-20-38(35-15-3-2-4-16-35)54(34)56-44-21-8-12-25-51(44)60-52-33-37(26-29-45(52)56)58-46-22-9-5-17-39(46)41-28-30-48-53(55(41)58)42-19-6-10-23-47(42)57(48)36-27-31-50-43(32-36)40-18-7-11-24-49(40)59-50/h2-33H,1H3. The van der Waals surface area contributed by atoms with E-state index in [0.717, 1.165) is 33.3 Å². The maximum atomic E-state index is 6.26. The van der Waals surface area contributed by atoms with Crippen LogP contribution in [0.15, 0.2) is 208 Å². The van der Waals surface area contributed by atoms with Gasteiger partial charge in [0.2, 0.25) is 6.71 Å². The lowest BCUT2D eigenvalue weighted by Gasteiger charge is -2.29. The van der Waals surface area contributed by atoms with Crippen LogP contribution in [0.4, 0.5) is 0 Å². The van der Waals surface area contributed by atoms with Gasteiger partial charge in [-0.3, -0.25) is 0 Å². The second-order valence-electron chi connectivity index (χ2n) is 16.0. The van der Waals surface area contributed by atoms with E-state index in [2.05, 4.69) is 198 Å². The molecule has 5 heteroatoms. The molecule has 0 N–H and O–H groups in total. The van der Waals surface area contributed by atoms with E-state index in [4.69, 9.17) is 4.42 Å². The molecule has 13 rings (SSSR count). The highest BCUT2D eigenvalue weighted by Gasteiger charge is 2.34. The molecule has 12 aromatic rings. The largest absolute Gasteiger partial charge is 0.456 e. The zero-order valence-corrected chi connectivity index (χ0v) is 33.6. The van der Waals surface area contributed by atoms with E-state index in [1.807, 2.05) is 23.9 Å². The summed E-state index contributed by atoms with van der Waals surface area (Å²) >= 11 is 1.90. The van der Waals surface area contributed by atoms with E-state index < -0.39 is 0 Å². The topological polar surface area (TPSA) is 23.0 Å². The van der Waals surface area contributed by atoms with E-state index in [1.54, 1.807) is 0 Å². The first-order valence-electron chi connectivity index (χ1n) is 20.6. The molecule has 280 valence electrons. The molecule has 0 atom stereocenters. The Labute approximate surface area is 351 Å².